The lowest BCUT2D eigenvalue weighted by Crippen LogP contribution is -2.26. The molecule has 7 heteroatoms. The van der Waals surface area contributed by atoms with Gasteiger partial charge in [-0.05, 0) is 23.6 Å². The summed E-state index contributed by atoms with van der Waals surface area (Å²) in [6.45, 7) is 3.91. The second-order valence-electron chi connectivity index (χ2n) is 4.69. The van der Waals surface area contributed by atoms with E-state index in [1.54, 1.807) is 12.1 Å². The molecule has 1 heterocycles. The van der Waals surface area contributed by atoms with Crippen molar-refractivity contribution < 1.29 is 17.6 Å². The number of alkyl halides is 4. The first-order valence-electron chi connectivity index (χ1n) is 5.87. The Bertz CT molecular complexity index is 644. The van der Waals surface area contributed by atoms with Crippen molar-refractivity contribution in [2.24, 2.45) is 0 Å². The molecule has 1 aromatic carbocycles. The summed E-state index contributed by atoms with van der Waals surface area (Å²) in [5, 5.41) is 0.111. The molecule has 0 saturated carbocycles. The Kier molecular flexibility index (Phi) is 3.86. The lowest BCUT2D eigenvalue weighted by molar-refractivity contribution is -0.140. The van der Waals surface area contributed by atoms with Crippen molar-refractivity contribution in [1.29, 1.82) is 0 Å². The van der Waals surface area contributed by atoms with E-state index in [2.05, 4.69) is 9.97 Å². The summed E-state index contributed by atoms with van der Waals surface area (Å²) in [7, 11) is 0. The van der Waals surface area contributed by atoms with Crippen molar-refractivity contribution in [3.63, 3.8) is 0 Å². The summed E-state index contributed by atoms with van der Waals surface area (Å²) in [4.78, 5) is 6.82. The first-order chi connectivity index (χ1) is 9.23. The van der Waals surface area contributed by atoms with Crippen LogP contribution in [0, 0.1) is 0 Å². The van der Waals surface area contributed by atoms with Crippen LogP contribution in [0.25, 0.3) is 10.9 Å². The van der Waals surface area contributed by atoms with Gasteiger partial charge in [-0.1, -0.05) is 31.5 Å². The number of aromatic nitrogens is 2. The van der Waals surface area contributed by atoms with Crippen molar-refractivity contribution in [2.75, 3.05) is 0 Å². The van der Waals surface area contributed by atoms with Gasteiger partial charge in [0.25, 0.3) is 0 Å². The van der Waals surface area contributed by atoms with Crippen molar-refractivity contribution in [3.05, 3.63) is 34.7 Å². The molecule has 2 nitrogen and oxygen atoms in total. The molecule has 0 fully saturated rings. The highest BCUT2D eigenvalue weighted by Crippen LogP contribution is 2.34. The fourth-order valence-electron chi connectivity index (χ4n) is 1.71. The number of nitrogens with zero attached hydrogens (tertiary/aromatic N) is 2. The highest BCUT2D eigenvalue weighted by atomic mass is 35.5. The van der Waals surface area contributed by atoms with Gasteiger partial charge in [0.05, 0.1) is 5.52 Å². The smallest absolute Gasteiger partial charge is 0.227 e. The molecule has 2 rings (SSSR count). The van der Waals surface area contributed by atoms with Crippen LogP contribution in [0.2, 0.25) is 5.15 Å². The maximum Gasteiger partial charge on any atom is 0.365 e. The zero-order valence-electron chi connectivity index (χ0n) is 10.7. The first kappa shape index (κ1) is 15.0. The topological polar surface area (TPSA) is 25.8 Å². The fraction of sp³-hybridized carbons (Fsp3) is 0.385. The van der Waals surface area contributed by atoms with Crippen LogP contribution in [0.5, 0.6) is 0 Å². The molecule has 0 spiro atoms. The van der Waals surface area contributed by atoms with Crippen molar-refractivity contribution in [1.82, 2.24) is 9.97 Å². The van der Waals surface area contributed by atoms with E-state index in [-0.39, 0.29) is 16.6 Å². The van der Waals surface area contributed by atoms with E-state index in [0.29, 0.717) is 5.39 Å². The quantitative estimate of drug-likeness (QED) is 0.603. The van der Waals surface area contributed by atoms with Gasteiger partial charge in [0.2, 0.25) is 5.82 Å². The van der Waals surface area contributed by atoms with E-state index >= 15 is 0 Å². The zero-order valence-corrected chi connectivity index (χ0v) is 11.4. The van der Waals surface area contributed by atoms with E-state index < -0.39 is 18.2 Å². The Hall–Kier alpha value is -1.43. The average molecular weight is 307 g/mol. The molecule has 0 N–H and O–H groups in total. The predicted octanol–water partition coefficient (Wildman–Crippen LogP) is 4.76. The molecule has 1 aromatic heterocycles. The highest BCUT2D eigenvalue weighted by Gasteiger charge is 2.46. The molecule has 0 amide bonds. The SMILES string of the molecule is CC(C)c1ccc2nc(C(F)(F)C(F)F)nc(Cl)c2c1. The molecule has 0 aliphatic rings. The average Bonchev–Trinajstić information content (AvgIpc) is 2.37. The van der Waals surface area contributed by atoms with E-state index in [1.165, 1.54) is 6.07 Å². The second kappa shape index (κ2) is 5.16. The molecule has 0 aliphatic carbocycles. The predicted molar refractivity (Wildman–Crippen MR) is 68.5 cm³/mol. The van der Waals surface area contributed by atoms with Crippen LogP contribution in [-0.2, 0) is 5.92 Å². The number of halogens is 5. The van der Waals surface area contributed by atoms with Crippen LogP contribution in [0.15, 0.2) is 18.2 Å². The van der Waals surface area contributed by atoms with Crippen molar-refractivity contribution in [2.45, 2.75) is 32.1 Å². The number of rotatable bonds is 3. The monoisotopic (exact) mass is 306 g/mol. The van der Waals surface area contributed by atoms with E-state index in [4.69, 9.17) is 11.6 Å². The molecule has 0 bridgehead atoms. The van der Waals surface area contributed by atoms with Crippen LogP contribution in [0.4, 0.5) is 17.6 Å². The van der Waals surface area contributed by atoms with Crippen molar-refractivity contribution in [3.8, 4) is 0 Å². The summed E-state index contributed by atoms with van der Waals surface area (Å²) in [6.07, 6.45) is -3.88. The molecule has 108 valence electrons. The molecule has 2 aromatic rings. The van der Waals surface area contributed by atoms with E-state index in [1.807, 2.05) is 13.8 Å². The number of hydrogen-bond acceptors (Lipinski definition) is 2. The Labute approximate surface area is 117 Å². The van der Waals surface area contributed by atoms with E-state index in [0.717, 1.165) is 5.56 Å². The fourth-order valence-corrected chi connectivity index (χ4v) is 1.95. The summed E-state index contributed by atoms with van der Waals surface area (Å²) in [5.74, 6) is -5.48. The lowest BCUT2D eigenvalue weighted by atomic mass is 10.0. The Morgan fingerprint density at radius 1 is 1.15 bits per heavy atom. The largest absolute Gasteiger partial charge is 0.365 e. The van der Waals surface area contributed by atoms with Crippen LogP contribution >= 0.6 is 11.6 Å². The summed E-state index contributed by atoms with van der Waals surface area (Å²) in [5.41, 5.74) is 1.04. The maximum atomic E-state index is 13.3. The minimum Gasteiger partial charge on any atom is -0.227 e. The molecule has 0 aliphatic heterocycles. The third-order valence-corrected chi connectivity index (χ3v) is 3.20. The third kappa shape index (κ3) is 2.57. The number of fused-ring (bicyclic) bond motifs is 1. The van der Waals surface area contributed by atoms with Gasteiger partial charge in [0.15, 0.2) is 0 Å². The van der Waals surface area contributed by atoms with Crippen LogP contribution < -0.4 is 0 Å². The number of hydrogen-bond donors (Lipinski definition) is 0. The third-order valence-electron chi connectivity index (χ3n) is 2.91. The standard InChI is InChI=1S/C13H11ClF4N2/c1-6(2)7-3-4-9-8(5-7)10(14)20-12(19-9)13(17,18)11(15)16/h3-6,11H,1-2H3. The molecular formula is C13H11ClF4N2. The highest BCUT2D eigenvalue weighted by molar-refractivity contribution is 6.34. The minimum atomic E-state index is -4.42. The van der Waals surface area contributed by atoms with Gasteiger partial charge in [0.1, 0.15) is 5.15 Å². The summed E-state index contributed by atoms with van der Waals surface area (Å²) < 4.78 is 51.2. The lowest BCUT2D eigenvalue weighted by Gasteiger charge is -2.15. The van der Waals surface area contributed by atoms with Gasteiger partial charge >= 0.3 is 12.3 Å². The van der Waals surface area contributed by atoms with Gasteiger partial charge in [-0.25, -0.2) is 18.7 Å². The summed E-state index contributed by atoms with van der Waals surface area (Å²) >= 11 is 5.82. The second-order valence-corrected chi connectivity index (χ2v) is 5.05. The molecule has 0 radical (unpaired) electrons. The van der Waals surface area contributed by atoms with Crippen LogP contribution in [-0.4, -0.2) is 16.4 Å². The Morgan fingerprint density at radius 2 is 1.80 bits per heavy atom. The Balaban J connectivity index is 2.62. The zero-order chi connectivity index (χ0) is 15.1. The first-order valence-corrected chi connectivity index (χ1v) is 6.25. The van der Waals surface area contributed by atoms with Crippen LogP contribution in [0.3, 0.4) is 0 Å². The minimum absolute atomic E-state index is 0.115. The van der Waals surface area contributed by atoms with Gasteiger partial charge in [0, 0.05) is 5.39 Å². The Morgan fingerprint density at radius 3 is 2.35 bits per heavy atom. The number of benzene rings is 1. The van der Waals surface area contributed by atoms with Crippen molar-refractivity contribution >= 4 is 22.5 Å². The molecule has 20 heavy (non-hydrogen) atoms. The van der Waals surface area contributed by atoms with Gasteiger partial charge in [-0.3, -0.25) is 0 Å². The normalized spacial score (nSPS) is 12.7. The van der Waals surface area contributed by atoms with Gasteiger partial charge < -0.3 is 0 Å². The van der Waals surface area contributed by atoms with Crippen LogP contribution in [0.1, 0.15) is 31.2 Å². The molecule has 0 saturated heterocycles. The van der Waals surface area contributed by atoms with Gasteiger partial charge in [-0.2, -0.15) is 8.78 Å². The van der Waals surface area contributed by atoms with E-state index in [9.17, 15) is 17.6 Å². The van der Waals surface area contributed by atoms with Gasteiger partial charge in [-0.15, -0.1) is 0 Å². The molecular weight excluding hydrogens is 296 g/mol. The maximum absolute atomic E-state index is 13.3. The molecule has 0 atom stereocenters. The molecule has 0 unspecified atom stereocenters. The summed E-state index contributed by atoms with van der Waals surface area (Å²) in [6, 6.07) is 4.84.